The number of imidazole rings is 1. The van der Waals surface area contributed by atoms with Crippen molar-refractivity contribution < 1.29 is 10.0 Å². The minimum absolute atomic E-state index is 0.0480. The molecule has 7 nitrogen and oxygen atoms in total. The van der Waals surface area contributed by atoms with E-state index >= 15 is 0 Å². The average Bonchev–Trinajstić information content (AvgIpc) is 2.69. The van der Waals surface area contributed by atoms with Crippen LogP contribution in [0.15, 0.2) is 23.9 Å². The fraction of sp³-hybridized carbons (Fsp3) is 0.444. The highest BCUT2D eigenvalue weighted by Crippen LogP contribution is 1.92. The number of oxime groups is 1. The third kappa shape index (κ3) is 3.99. The van der Waals surface area contributed by atoms with Gasteiger partial charge in [-0.15, -0.1) is 0 Å². The molecule has 0 aromatic carbocycles. The van der Waals surface area contributed by atoms with Crippen molar-refractivity contribution in [3.05, 3.63) is 18.7 Å². The van der Waals surface area contributed by atoms with Gasteiger partial charge in [0.1, 0.15) is 5.84 Å². The molecule has 4 N–H and O–H groups in total. The van der Waals surface area contributed by atoms with E-state index in [2.05, 4.69) is 15.5 Å². The first-order chi connectivity index (χ1) is 7.61. The van der Waals surface area contributed by atoms with Gasteiger partial charge in [0.15, 0.2) is 0 Å². The van der Waals surface area contributed by atoms with Crippen LogP contribution >= 0.6 is 0 Å². The Morgan fingerprint density at radius 3 is 3.06 bits per heavy atom. The van der Waals surface area contributed by atoms with E-state index in [1.807, 2.05) is 17.7 Å². The van der Waals surface area contributed by atoms with Gasteiger partial charge in [-0.1, -0.05) is 5.16 Å². The Morgan fingerprint density at radius 2 is 2.50 bits per heavy atom. The number of amidine groups is 1. The molecule has 88 valence electrons. The number of carbonyl (C=O) groups is 1. The molecular weight excluding hydrogens is 210 g/mol. The Labute approximate surface area is 93.0 Å². The van der Waals surface area contributed by atoms with Gasteiger partial charge < -0.3 is 20.8 Å². The molecule has 0 aliphatic heterocycles. The highest BCUT2D eigenvalue weighted by Gasteiger charge is 2.09. The van der Waals surface area contributed by atoms with Crippen LogP contribution in [0.25, 0.3) is 0 Å². The molecule has 1 rings (SSSR count). The predicted molar refractivity (Wildman–Crippen MR) is 57.9 cm³/mol. The number of hydrogen-bond acceptors (Lipinski definition) is 4. The Balaban J connectivity index is 2.34. The quantitative estimate of drug-likeness (QED) is 0.272. The van der Waals surface area contributed by atoms with E-state index in [4.69, 9.17) is 10.9 Å². The topological polar surface area (TPSA) is 106 Å². The maximum absolute atomic E-state index is 11.3. The minimum atomic E-state index is -0.275. The van der Waals surface area contributed by atoms with Gasteiger partial charge in [-0.2, -0.15) is 0 Å². The number of carbonyl (C=O) groups excluding carboxylic acids is 1. The van der Waals surface area contributed by atoms with Crippen molar-refractivity contribution in [2.45, 2.75) is 25.9 Å². The molecule has 7 heteroatoms. The van der Waals surface area contributed by atoms with Crippen molar-refractivity contribution in [3.8, 4) is 0 Å². The van der Waals surface area contributed by atoms with E-state index < -0.39 is 0 Å². The molecular formula is C9H15N5O2. The minimum Gasteiger partial charge on any atom is -0.409 e. The molecule has 0 bridgehead atoms. The van der Waals surface area contributed by atoms with Gasteiger partial charge in [-0.05, 0) is 6.92 Å². The summed E-state index contributed by atoms with van der Waals surface area (Å²) in [6, 6.07) is -0.0480. The van der Waals surface area contributed by atoms with Crippen LogP contribution in [-0.4, -0.2) is 32.5 Å². The maximum Gasteiger partial charge on any atom is 0.227 e. The van der Waals surface area contributed by atoms with Crippen molar-refractivity contribution in [2.24, 2.45) is 10.9 Å². The summed E-state index contributed by atoms with van der Waals surface area (Å²) >= 11 is 0. The lowest BCUT2D eigenvalue weighted by molar-refractivity contribution is -0.120. The summed E-state index contributed by atoms with van der Waals surface area (Å²) < 4.78 is 1.86. The smallest absolute Gasteiger partial charge is 0.227 e. The first kappa shape index (κ1) is 12.0. The van der Waals surface area contributed by atoms with Crippen LogP contribution in [0.2, 0.25) is 0 Å². The lowest BCUT2D eigenvalue weighted by Gasteiger charge is -2.13. The Morgan fingerprint density at radius 1 is 1.75 bits per heavy atom. The van der Waals surface area contributed by atoms with Crippen LogP contribution in [0.3, 0.4) is 0 Å². The van der Waals surface area contributed by atoms with E-state index in [0.29, 0.717) is 6.54 Å². The van der Waals surface area contributed by atoms with Gasteiger partial charge in [0.2, 0.25) is 5.91 Å². The number of aromatic nitrogens is 2. The molecule has 1 unspecified atom stereocenters. The van der Waals surface area contributed by atoms with E-state index in [1.54, 1.807) is 12.5 Å². The number of amides is 1. The second kappa shape index (κ2) is 5.74. The van der Waals surface area contributed by atoms with Crippen LogP contribution in [0.1, 0.15) is 13.3 Å². The monoisotopic (exact) mass is 225 g/mol. The molecule has 1 aromatic rings. The van der Waals surface area contributed by atoms with Crippen LogP contribution in [0, 0.1) is 0 Å². The van der Waals surface area contributed by atoms with Crippen molar-refractivity contribution in [3.63, 3.8) is 0 Å². The summed E-state index contributed by atoms with van der Waals surface area (Å²) in [6.45, 7) is 2.49. The SMILES string of the molecule is CC(Cn1ccnc1)NC(=O)C/C(N)=N/O. The third-order valence-electron chi connectivity index (χ3n) is 1.92. The molecule has 1 amide bonds. The number of nitrogens with one attached hydrogen (secondary N) is 1. The highest BCUT2D eigenvalue weighted by molar-refractivity contribution is 5.98. The lowest BCUT2D eigenvalue weighted by Crippen LogP contribution is -2.37. The molecule has 1 heterocycles. The Hall–Kier alpha value is -2.05. The van der Waals surface area contributed by atoms with Crippen molar-refractivity contribution in [1.82, 2.24) is 14.9 Å². The molecule has 0 spiro atoms. The molecule has 0 fully saturated rings. The van der Waals surface area contributed by atoms with E-state index in [0.717, 1.165) is 0 Å². The number of hydrogen-bond donors (Lipinski definition) is 3. The van der Waals surface area contributed by atoms with Crippen LogP contribution in [0.4, 0.5) is 0 Å². The van der Waals surface area contributed by atoms with Gasteiger partial charge in [0, 0.05) is 25.0 Å². The first-order valence-corrected chi connectivity index (χ1v) is 4.83. The number of nitrogens with two attached hydrogens (primary N) is 1. The standard InChI is InChI=1S/C9H15N5O2/c1-7(5-14-3-2-11-6-14)12-9(15)4-8(10)13-16/h2-3,6-7,16H,4-5H2,1H3,(H2,10,13)(H,12,15). The summed E-state index contributed by atoms with van der Waals surface area (Å²) in [7, 11) is 0. The second-order valence-corrected chi connectivity index (χ2v) is 3.50. The first-order valence-electron chi connectivity index (χ1n) is 4.83. The van der Waals surface area contributed by atoms with Crippen molar-refractivity contribution in [1.29, 1.82) is 0 Å². The summed E-state index contributed by atoms with van der Waals surface area (Å²) in [4.78, 5) is 15.2. The van der Waals surface area contributed by atoms with Gasteiger partial charge in [-0.3, -0.25) is 4.79 Å². The van der Waals surface area contributed by atoms with Crippen molar-refractivity contribution >= 4 is 11.7 Å². The maximum atomic E-state index is 11.3. The van der Waals surface area contributed by atoms with Crippen LogP contribution in [-0.2, 0) is 11.3 Å². The van der Waals surface area contributed by atoms with E-state index in [-0.39, 0.29) is 24.2 Å². The van der Waals surface area contributed by atoms with Crippen LogP contribution < -0.4 is 11.1 Å². The normalized spacial score (nSPS) is 13.4. The zero-order valence-corrected chi connectivity index (χ0v) is 9.00. The largest absolute Gasteiger partial charge is 0.409 e. The summed E-state index contributed by atoms with van der Waals surface area (Å²) in [6.07, 6.45) is 5.05. The fourth-order valence-corrected chi connectivity index (χ4v) is 1.28. The summed E-state index contributed by atoms with van der Waals surface area (Å²) in [5.74, 6) is -0.379. The Bertz CT molecular complexity index is 360. The number of nitrogens with zero attached hydrogens (tertiary/aromatic N) is 3. The summed E-state index contributed by atoms with van der Waals surface area (Å²) in [5.41, 5.74) is 5.21. The summed E-state index contributed by atoms with van der Waals surface area (Å²) in [5, 5.41) is 13.7. The van der Waals surface area contributed by atoms with Gasteiger partial charge >= 0.3 is 0 Å². The molecule has 0 aliphatic carbocycles. The molecule has 1 aromatic heterocycles. The lowest BCUT2D eigenvalue weighted by atomic mass is 10.3. The average molecular weight is 225 g/mol. The zero-order chi connectivity index (χ0) is 12.0. The molecule has 0 saturated heterocycles. The van der Waals surface area contributed by atoms with E-state index in [9.17, 15) is 4.79 Å². The predicted octanol–water partition coefficient (Wildman–Crippen LogP) is -0.476. The Kier molecular flexibility index (Phi) is 4.31. The molecule has 0 radical (unpaired) electrons. The fourth-order valence-electron chi connectivity index (χ4n) is 1.28. The van der Waals surface area contributed by atoms with Crippen LogP contribution in [0.5, 0.6) is 0 Å². The molecule has 1 atom stereocenters. The van der Waals surface area contributed by atoms with E-state index in [1.165, 1.54) is 0 Å². The van der Waals surface area contributed by atoms with Crippen molar-refractivity contribution in [2.75, 3.05) is 0 Å². The zero-order valence-electron chi connectivity index (χ0n) is 9.00. The number of rotatable bonds is 5. The van der Waals surface area contributed by atoms with Gasteiger partial charge in [0.05, 0.1) is 12.7 Å². The third-order valence-corrected chi connectivity index (χ3v) is 1.92. The van der Waals surface area contributed by atoms with Gasteiger partial charge in [-0.25, -0.2) is 4.98 Å². The highest BCUT2D eigenvalue weighted by atomic mass is 16.4. The van der Waals surface area contributed by atoms with Gasteiger partial charge in [0.25, 0.3) is 0 Å². The molecule has 16 heavy (non-hydrogen) atoms. The second-order valence-electron chi connectivity index (χ2n) is 3.50. The molecule has 0 saturated carbocycles. The molecule has 0 aliphatic rings.